The third-order valence-corrected chi connectivity index (χ3v) is 13.7. The third kappa shape index (κ3) is 8.25. The molecule has 1 aliphatic carbocycles. The summed E-state index contributed by atoms with van der Waals surface area (Å²) in [5.74, 6) is 0.772. The van der Waals surface area contributed by atoms with Crippen LogP contribution in [-0.2, 0) is 16.6 Å². The Bertz CT molecular complexity index is 2400. The van der Waals surface area contributed by atoms with Crippen molar-refractivity contribution in [1.82, 2.24) is 29.9 Å². The molecule has 4 heterocycles. The highest BCUT2D eigenvalue weighted by Crippen LogP contribution is 2.55. The van der Waals surface area contributed by atoms with E-state index in [0.29, 0.717) is 33.6 Å². The van der Waals surface area contributed by atoms with E-state index in [4.69, 9.17) is 16.3 Å². The predicted molar refractivity (Wildman–Crippen MR) is 234 cm³/mol. The molecular weight excluding hydrogens is 794 g/mol. The van der Waals surface area contributed by atoms with Gasteiger partial charge in [-0.15, -0.1) is 5.10 Å². The zero-order valence-electron chi connectivity index (χ0n) is 35.5. The highest BCUT2D eigenvalue weighted by atomic mass is 35.5. The van der Waals surface area contributed by atoms with Gasteiger partial charge in [0, 0.05) is 105 Å². The van der Waals surface area contributed by atoms with Gasteiger partial charge in [0.2, 0.25) is 5.91 Å². The fourth-order valence-corrected chi connectivity index (χ4v) is 10.4. The molecule has 61 heavy (non-hydrogen) atoms. The number of halogens is 1. The summed E-state index contributed by atoms with van der Waals surface area (Å²) in [7, 11) is 1.66. The van der Waals surface area contributed by atoms with Gasteiger partial charge in [-0.3, -0.25) is 29.2 Å². The summed E-state index contributed by atoms with van der Waals surface area (Å²) in [6.45, 7) is 15.1. The van der Waals surface area contributed by atoms with E-state index in [9.17, 15) is 24.4 Å². The number of benzene rings is 3. The predicted octanol–water partition coefficient (Wildman–Crippen LogP) is 5.40. The van der Waals surface area contributed by atoms with E-state index < -0.39 is 11.9 Å². The largest absolute Gasteiger partial charge is 0.489 e. The van der Waals surface area contributed by atoms with Crippen LogP contribution in [-0.4, -0.2) is 94.9 Å². The maximum atomic E-state index is 13.5. The second kappa shape index (κ2) is 16.7. The van der Waals surface area contributed by atoms with E-state index in [0.717, 1.165) is 75.6 Å². The average Bonchev–Trinajstić information content (AvgIpc) is 3.55. The fourth-order valence-electron chi connectivity index (χ4n) is 10.2. The average molecular weight is 848 g/mol. The first-order valence-corrected chi connectivity index (χ1v) is 21.6. The number of rotatable bonds is 10. The fraction of sp³-hybridized carbons (Fsp3) is 0.478. The number of anilines is 2. The van der Waals surface area contributed by atoms with Crippen molar-refractivity contribution in [2.45, 2.75) is 71.6 Å². The van der Waals surface area contributed by atoms with Gasteiger partial charge in [-0.05, 0) is 73.7 Å². The number of piperidine rings is 2. The molecule has 15 heteroatoms. The van der Waals surface area contributed by atoms with Gasteiger partial charge >= 0.3 is 5.69 Å². The number of piperazine rings is 1. The number of amides is 3. The van der Waals surface area contributed by atoms with Crippen LogP contribution in [0.1, 0.15) is 75.3 Å². The minimum absolute atomic E-state index is 0.102. The second-order valence-corrected chi connectivity index (χ2v) is 18.6. The molecule has 0 bridgehead atoms. The monoisotopic (exact) mass is 847 g/mol. The van der Waals surface area contributed by atoms with E-state index >= 15 is 0 Å². The number of carbonyl (C=O) groups excluding carboxylic acids is 3. The van der Waals surface area contributed by atoms with Gasteiger partial charge in [0.05, 0.1) is 10.6 Å². The molecule has 1 atom stereocenters. The Hall–Kier alpha value is -5.65. The normalized spacial score (nSPS) is 22.9. The summed E-state index contributed by atoms with van der Waals surface area (Å²) >= 11 is 6.26. The molecule has 4 aliphatic rings. The minimum Gasteiger partial charge on any atom is -0.489 e. The van der Waals surface area contributed by atoms with Crippen LogP contribution >= 0.6 is 11.6 Å². The van der Waals surface area contributed by atoms with Crippen molar-refractivity contribution in [1.29, 1.82) is 5.26 Å². The van der Waals surface area contributed by atoms with Crippen LogP contribution in [0.4, 0.5) is 11.4 Å². The van der Waals surface area contributed by atoms with Crippen molar-refractivity contribution in [3.05, 3.63) is 93.4 Å². The molecule has 320 valence electrons. The Balaban J connectivity index is 0.797. The maximum Gasteiger partial charge on any atom is 0.346 e. The summed E-state index contributed by atoms with van der Waals surface area (Å²) in [4.78, 5) is 58.1. The van der Waals surface area contributed by atoms with Crippen LogP contribution in [0.3, 0.4) is 0 Å². The van der Waals surface area contributed by atoms with E-state index in [2.05, 4.69) is 88.5 Å². The molecule has 4 fully saturated rings. The lowest BCUT2D eigenvalue weighted by Crippen LogP contribution is -2.74. The lowest BCUT2D eigenvalue weighted by Gasteiger charge is -2.63. The summed E-state index contributed by atoms with van der Waals surface area (Å²) in [5.41, 5.74) is 2.95. The van der Waals surface area contributed by atoms with Crippen LogP contribution in [0.5, 0.6) is 5.75 Å². The van der Waals surface area contributed by atoms with Crippen molar-refractivity contribution < 1.29 is 19.1 Å². The summed E-state index contributed by atoms with van der Waals surface area (Å²) in [6.07, 6.45) is 2.47. The van der Waals surface area contributed by atoms with Gasteiger partial charge in [0.15, 0.2) is 5.82 Å². The van der Waals surface area contributed by atoms with Crippen molar-refractivity contribution in [3.63, 3.8) is 0 Å². The first kappa shape index (κ1) is 42.1. The number of nitriles is 1. The Kier molecular flexibility index (Phi) is 11.5. The molecule has 0 radical (unpaired) electrons. The second-order valence-electron chi connectivity index (χ2n) is 18.2. The minimum atomic E-state index is -0.805. The van der Waals surface area contributed by atoms with Crippen LogP contribution in [0.2, 0.25) is 5.02 Å². The quantitative estimate of drug-likeness (QED) is 0.198. The Morgan fingerprint density at radius 1 is 0.902 bits per heavy atom. The van der Waals surface area contributed by atoms with Gasteiger partial charge in [0.1, 0.15) is 24.0 Å². The summed E-state index contributed by atoms with van der Waals surface area (Å²) < 4.78 is 9.06. The van der Waals surface area contributed by atoms with E-state index in [-0.39, 0.29) is 53.3 Å². The van der Waals surface area contributed by atoms with Crippen molar-refractivity contribution >= 4 is 40.7 Å². The maximum absolute atomic E-state index is 13.5. The van der Waals surface area contributed by atoms with Crippen LogP contribution in [0.25, 0.3) is 11.4 Å². The molecule has 3 aromatic carbocycles. The van der Waals surface area contributed by atoms with Gasteiger partial charge in [-0.2, -0.15) is 5.26 Å². The molecule has 8 rings (SSSR count). The zero-order valence-corrected chi connectivity index (χ0v) is 36.2. The molecule has 3 aliphatic heterocycles. The van der Waals surface area contributed by atoms with E-state index in [1.807, 2.05) is 24.3 Å². The van der Waals surface area contributed by atoms with Crippen molar-refractivity contribution in [2.75, 3.05) is 55.6 Å². The highest BCUT2D eigenvalue weighted by molar-refractivity contribution is 6.31. The van der Waals surface area contributed by atoms with Gasteiger partial charge in [-0.25, -0.2) is 9.48 Å². The Morgan fingerprint density at radius 3 is 2.25 bits per heavy atom. The number of carbonyl (C=O) groups is 3. The van der Waals surface area contributed by atoms with Crippen LogP contribution in [0, 0.1) is 28.1 Å². The molecule has 1 aromatic heterocycles. The number of aromatic nitrogens is 3. The van der Waals surface area contributed by atoms with Crippen LogP contribution < -0.4 is 30.9 Å². The molecule has 3 saturated heterocycles. The molecule has 14 nitrogen and oxygen atoms in total. The van der Waals surface area contributed by atoms with Gasteiger partial charge in [0.25, 0.3) is 11.8 Å². The van der Waals surface area contributed by atoms with Gasteiger partial charge in [-0.1, -0.05) is 51.4 Å². The smallest absolute Gasteiger partial charge is 0.346 e. The van der Waals surface area contributed by atoms with Crippen LogP contribution in [0.15, 0.2) is 71.5 Å². The molecular formula is C46H54ClN9O5. The van der Waals surface area contributed by atoms with Crippen molar-refractivity contribution in [2.24, 2.45) is 23.8 Å². The lowest BCUT2D eigenvalue weighted by atomic mass is 9.49. The molecule has 3 amide bonds. The number of imide groups is 1. The number of hydrogen-bond donors (Lipinski definition) is 2. The lowest BCUT2D eigenvalue weighted by molar-refractivity contribution is -0.164. The number of nitrogens with one attached hydrogen (secondary N) is 2. The molecule has 2 N–H and O–H groups in total. The SMILES string of the molecule is Cn1c(-c2cccc(N3CCN(CC4CCN(c5ccc(C(=O)NC6C(C)(C)C(Oc7ccc(C#N)c(Cl)c7)C6(C)C)cc5)CC4)CC3)c2)nn([C@@H]2CCC(=O)NC2=O)c1=O. The molecule has 0 spiro atoms. The van der Waals surface area contributed by atoms with Gasteiger partial charge < -0.3 is 19.9 Å². The Labute approximate surface area is 361 Å². The summed E-state index contributed by atoms with van der Waals surface area (Å²) in [6, 6.07) is 22.3. The number of nitrogens with zero attached hydrogens (tertiary/aromatic N) is 7. The number of ether oxygens (including phenoxy) is 1. The van der Waals surface area contributed by atoms with E-state index in [1.165, 1.54) is 9.25 Å². The third-order valence-electron chi connectivity index (χ3n) is 13.4. The standard InChI is InChI=1S/C46H54ClN9O5/c1-45(2)42(46(3,4)43(45)61-35-14-11-32(27-48)36(47)26-35)50-40(58)30-9-12-33(13-10-30)54-19-17-29(18-20-54)28-53-21-23-55(24-22-53)34-8-6-7-31(25-34)39-51-56(44(60)52(39)5)37-15-16-38(57)49-41(37)59/h6-14,25-26,29,37,42-43H,15-24,28H2,1-5H3,(H,50,58)(H,49,57,59)/t37-,42?,43?/m1/s1. The first-order chi connectivity index (χ1) is 29.1. The highest BCUT2D eigenvalue weighted by Gasteiger charge is 2.64. The number of hydrogen-bond acceptors (Lipinski definition) is 10. The molecule has 1 saturated carbocycles. The first-order valence-electron chi connectivity index (χ1n) is 21.2. The van der Waals surface area contributed by atoms with Crippen molar-refractivity contribution in [3.8, 4) is 23.2 Å². The van der Waals surface area contributed by atoms with E-state index in [1.54, 1.807) is 25.2 Å². The summed E-state index contributed by atoms with van der Waals surface area (Å²) in [5, 5.41) is 19.8. The molecule has 4 aromatic rings. The molecule has 0 unspecified atom stereocenters. The zero-order chi connectivity index (χ0) is 43.2. The Morgan fingerprint density at radius 2 is 1.59 bits per heavy atom. The topological polar surface area (TPSA) is 158 Å².